The van der Waals surface area contributed by atoms with Crippen molar-refractivity contribution in [3.05, 3.63) is 22.7 Å². The fraction of sp³-hybridized carbons (Fsp3) is 0.625. The molecule has 0 radical (unpaired) electrons. The van der Waals surface area contributed by atoms with Crippen molar-refractivity contribution < 1.29 is 9.47 Å². The second-order valence-corrected chi connectivity index (χ2v) is 5.27. The molecule has 0 saturated heterocycles. The maximum atomic E-state index is 6.27. The number of aryl methyl sites for hydroxylation is 1. The quantitative estimate of drug-likeness (QED) is 0.661. The molecule has 0 heterocycles. The van der Waals surface area contributed by atoms with E-state index in [2.05, 4.69) is 12.2 Å². The van der Waals surface area contributed by atoms with Crippen LogP contribution in [0.15, 0.2) is 12.1 Å². The molecule has 20 heavy (non-hydrogen) atoms. The number of hydrogen-bond acceptors (Lipinski definition) is 3. The monoisotopic (exact) mass is 299 g/mol. The van der Waals surface area contributed by atoms with Gasteiger partial charge in [-0.15, -0.1) is 0 Å². The molecule has 1 N–H and O–H groups in total. The van der Waals surface area contributed by atoms with Crippen molar-refractivity contribution >= 4 is 11.6 Å². The molecule has 1 rings (SSSR count). The first-order valence-electron chi connectivity index (χ1n) is 7.34. The Balaban J connectivity index is 2.40. The predicted octanol–water partition coefficient (Wildman–Crippen LogP) is 4.07. The van der Waals surface area contributed by atoms with Gasteiger partial charge >= 0.3 is 0 Å². The van der Waals surface area contributed by atoms with Crippen LogP contribution in [0.3, 0.4) is 0 Å². The third-order valence-corrected chi connectivity index (χ3v) is 3.63. The number of methoxy groups -OCH3 is 2. The number of rotatable bonds is 10. The summed E-state index contributed by atoms with van der Waals surface area (Å²) in [6, 6.07) is 3.81. The molecule has 0 bridgehead atoms. The zero-order valence-electron chi connectivity index (χ0n) is 12.8. The van der Waals surface area contributed by atoms with E-state index in [0.29, 0.717) is 5.75 Å². The minimum atomic E-state index is 0.685. The molecule has 0 aliphatic heterocycles. The molecule has 0 unspecified atom stereocenters. The van der Waals surface area contributed by atoms with Crippen LogP contribution >= 0.6 is 11.6 Å². The molecule has 0 spiro atoms. The SMILES string of the molecule is CCCNCCCCCc1cc(OC)c(OC)cc1Cl. The predicted molar refractivity (Wildman–Crippen MR) is 85.3 cm³/mol. The van der Waals surface area contributed by atoms with Gasteiger partial charge in [0.1, 0.15) is 0 Å². The number of unbranched alkanes of at least 4 members (excludes halogenated alkanes) is 2. The summed E-state index contributed by atoms with van der Waals surface area (Å²) in [5, 5.41) is 4.17. The average molecular weight is 300 g/mol. The Morgan fingerprint density at radius 1 is 1.00 bits per heavy atom. The van der Waals surface area contributed by atoms with Crippen LogP contribution in [0, 0.1) is 0 Å². The number of hydrogen-bond donors (Lipinski definition) is 1. The van der Waals surface area contributed by atoms with Crippen LogP contribution in [0.25, 0.3) is 0 Å². The van der Waals surface area contributed by atoms with Crippen LogP contribution in [0.1, 0.15) is 38.2 Å². The third-order valence-electron chi connectivity index (χ3n) is 3.28. The van der Waals surface area contributed by atoms with E-state index in [4.69, 9.17) is 21.1 Å². The van der Waals surface area contributed by atoms with Crippen LogP contribution in [-0.4, -0.2) is 27.3 Å². The minimum Gasteiger partial charge on any atom is -0.493 e. The molecule has 0 atom stereocenters. The summed E-state index contributed by atoms with van der Waals surface area (Å²) >= 11 is 6.27. The van der Waals surface area contributed by atoms with Gasteiger partial charge in [-0.3, -0.25) is 0 Å². The first-order chi connectivity index (χ1) is 9.72. The third kappa shape index (κ3) is 5.59. The van der Waals surface area contributed by atoms with Crippen molar-refractivity contribution in [1.82, 2.24) is 5.32 Å². The summed E-state index contributed by atoms with van der Waals surface area (Å²) in [7, 11) is 3.27. The maximum absolute atomic E-state index is 6.27. The molecule has 1 aromatic carbocycles. The molecule has 0 amide bonds. The van der Waals surface area contributed by atoms with Crippen molar-refractivity contribution in [1.29, 1.82) is 0 Å². The summed E-state index contributed by atoms with van der Waals surface area (Å²) in [5.74, 6) is 1.43. The van der Waals surface area contributed by atoms with E-state index < -0.39 is 0 Å². The summed E-state index contributed by atoms with van der Waals surface area (Å²) in [6.45, 7) is 4.40. The average Bonchev–Trinajstić information content (AvgIpc) is 2.47. The van der Waals surface area contributed by atoms with Gasteiger partial charge in [0.05, 0.1) is 14.2 Å². The molecule has 0 fully saturated rings. The largest absolute Gasteiger partial charge is 0.493 e. The smallest absolute Gasteiger partial charge is 0.162 e. The van der Waals surface area contributed by atoms with Gasteiger partial charge in [0.15, 0.2) is 11.5 Å². The first-order valence-corrected chi connectivity index (χ1v) is 7.71. The standard InChI is InChI=1S/C16H26ClNO2/c1-4-9-18-10-7-5-6-8-13-11-15(19-2)16(20-3)12-14(13)17/h11-12,18H,4-10H2,1-3H3. The lowest BCUT2D eigenvalue weighted by Gasteiger charge is -2.11. The van der Waals surface area contributed by atoms with Crippen LogP contribution in [0.5, 0.6) is 11.5 Å². The number of benzene rings is 1. The molecule has 114 valence electrons. The number of halogens is 1. The Hall–Kier alpha value is -0.930. The molecule has 0 aliphatic carbocycles. The topological polar surface area (TPSA) is 30.5 Å². The fourth-order valence-corrected chi connectivity index (χ4v) is 2.38. The molecular weight excluding hydrogens is 274 g/mol. The molecule has 1 aromatic rings. The molecule has 0 saturated carbocycles. The highest BCUT2D eigenvalue weighted by Crippen LogP contribution is 2.33. The molecule has 4 heteroatoms. The zero-order chi connectivity index (χ0) is 14.8. The Labute approximate surface area is 127 Å². The second-order valence-electron chi connectivity index (χ2n) is 4.86. The van der Waals surface area contributed by atoms with Crippen LogP contribution in [-0.2, 0) is 6.42 Å². The molecule has 0 aromatic heterocycles. The van der Waals surface area contributed by atoms with E-state index in [1.54, 1.807) is 14.2 Å². The van der Waals surface area contributed by atoms with Crippen molar-refractivity contribution in [2.75, 3.05) is 27.3 Å². The number of ether oxygens (including phenoxy) is 2. The molecule has 3 nitrogen and oxygen atoms in total. The lowest BCUT2D eigenvalue weighted by Crippen LogP contribution is -2.15. The van der Waals surface area contributed by atoms with E-state index in [1.807, 2.05) is 12.1 Å². The van der Waals surface area contributed by atoms with Gasteiger partial charge < -0.3 is 14.8 Å². The zero-order valence-corrected chi connectivity index (χ0v) is 13.6. The van der Waals surface area contributed by atoms with E-state index in [1.165, 1.54) is 19.3 Å². The summed E-state index contributed by atoms with van der Waals surface area (Å²) in [5.41, 5.74) is 1.13. The van der Waals surface area contributed by atoms with E-state index in [-0.39, 0.29) is 0 Å². The van der Waals surface area contributed by atoms with E-state index in [0.717, 1.165) is 42.3 Å². The van der Waals surface area contributed by atoms with Gasteiger partial charge in [0.25, 0.3) is 0 Å². The Morgan fingerprint density at radius 2 is 1.70 bits per heavy atom. The first kappa shape index (κ1) is 17.1. The summed E-state index contributed by atoms with van der Waals surface area (Å²) in [4.78, 5) is 0. The van der Waals surface area contributed by atoms with E-state index >= 15 is 0 Å². The Kier molecular flexibility index (Phi) is 8.47. The fourth-order valence-electron chi connectivity index (χ4n) is 2.13. The van der Waals surface area contributed by atoms with Crippen molar-refractivity contribution in [2.24, 2.45) is 0 Å². The van der Waals surface area contributed by atoms with Crippen LogP contribution < -0.4 is 14.8 Å². The summed E-state index contributed by atoms with van der Waals surface area (Å²) < 4.78 is 10.5. The lowest BCUT2D eigenvalue weighted by atomic mass is 10.1. The highest BCUT2D eigenvalue weighted by Gasteiger charge is 2.09. The van der Waals surface area contributed by atoms with Crippen molar-refractivity contribution in [3.8, 4) is 11.5 Å². The highest BCUT2D eigenvalue weighted by molar-refractivity contribution is 6.31. The van der Waals surface area contributed by atoms with Crippen molar-refractivity contribution in [3.63, 3.8) is 0 Å². The highest BCUT2D eigenvalue weighted by atomic mass is 35.5. The van der Waals surface area contributed by atoms with Gasteiger partial charge in [-0.25, -0.2) is 0 Å². The normalized spacial score (nSPS) is 10.6. The minimum absolute atomic E-state index is 0.685. The van der Waals surface area contributed by atoms with Crippen LogP contribution in [0.4, 0.5) is 0 Å². The van der Waals surface area contributed by atoms with Crippen LogP contribution in [0.2, 0.25) is 5.02 Å². The Morgan fingerprint density at radius 3 is 2.35 bits per heavy atom. The maximum Gasteiger partial charge on any atom is 0.162 e. The number of nitrogens with one attached hydrogen (secondary N) is 1. The lowest BCUT2D eigenvalue weighted by molar-refractivity contribution is 0.354. The van der Waals surface area contributed by atoms with Gasteiger partial charge in [-0.2, -0.15) is 0 Å². The summed E-state index contributed by atoms with van der Waals surface area (Å²) in [6.07, 6.45) is 5.74. The Bertz CT molecular complexity index is 396. The van der Waals surface area contributed by atoms with Crippen molar-refractivity contribution in [2.45, 2.75) is 39.0 Å². The van der Waals surface area contributed by atoms with Gasteiger partial charge in [0.2, 0.25) is 0 Å². The van der Waals surface area contributed by atoms with Gasteiger partial charge in [-0.05, 0) is 50.4 Å². The molecule has 0 aliphatic rings. The van der Waals surface area contributed by atoms with Gasteiger partial charge in [-0.1, -0.05) is 24.9 Å². The van der Waals surface area contributed by atoms with Gasteiger partial charge in [0, 0.05) is 11.1 Å². The molecular formula is C16H26ClNO2. The van der Waals surface area contributed by atoms with E-state index in [9.17, 15) is 0 Å². The second kappa shape index (κ2) is 9.89.